The highest BCUT2D eigenvalue weighted by molar-refractivity contribution is 5.78. The lowest BCUT2D eigenvalue weighted by molar-refractivity contribution is -0.133. The molecule has 0 unspecified atom stereocenters. The maximum atomic E-state index is 12.9. The van der Waals surface area contributed by atoms with Crippen molar-refractivity contribution in [1.29, 1.82) is 0 Å². The van der Waals surface area contributed by atoms with Gasteiger partial charge in [-0.25, -0.2) is 0 Å². The van der Waals surface area contributed by atoms with Gasteiger partial charge in [0.1, 0.15) is 0 Å². The predicted molar refractivity (Wildman–Crippen MR) is 104 cm³/mol. The number of amides is 1. The largest absolute Gasteiger partial charge is 0.368 e. The van der Waals surface area contributed by atoms with Crippen LogP contribution in [0, 0.1) is 0 Å². The van der Waals surface area contributed by atoms with Crippen LogP contribution in [0.5, 0.6) is 0 Å². The number of piperazine rings is 1. The first kappa shape index (κ1) is 17.2. The molecule has 2 aliphatic rings. The van der Waals surface area contributed by atoms with Gasteiger partial charge in [0.15, 0.2) is 0 Å². The van der Waals surface area contributed by atoms with Crippen LogP contribution in [0.3, 0.4) is 0 Å². The molecule has 0 N–H and O–H groups in total. The van der Waals surface area contributed by atoms with E-state index in [0.29, 0.717) is 12.6 Å². The second-order valence-corrected chi connectivity index (χ2v) is 7.38. The molecule has 0 radical (unpaired) electrons. The summed E-state index contributed by atoms with van der Waals surface area (Å²) in [7, 11) is 2.09. The molecule has 26 heavy (non-hydrogen) atoms. The van der Waals surface area contributed by atoms with E-state index >= 15 is 0 Å². The molecule has 1 atom stereocenters. The van der Waals surface area contributed by atoms with E-state index in [0.717, 1.165) is 39.1 Å². The summed E-state index contributed by atoms with van der Waals surface area (Å²) in [4.78, 5) is 19.6. The van der Waals surface area contributed by atoms with Crippen molar-refractivity contribution in [3.05, 3.63) is 54.4 Å². The van der Waals surface area contributed by atoms with Gasteiger partial charge in [0.2, 0.25) is 5.91 Å². The summed E-state index contributed by atoms with van der Waals surface area (Å²) in [6.07, 6.45) is 4.41. The van der Waals surface area contributed by atoms with Gasteiger partial charge in [-0.15, -0.1) is 0 Å². The number of para-hydroxylation sites is 1. The molecule has 5 heteroatoms. The molecule has 2 aliphatic heterocycles. The monoisotopic (exact) mass is 352 g/mol. The molecule has 5 nitrogen and oxygen atoms in total. The molecule has 2 fully saturated rings. The van der Waals surface area contributed by atoms with Crippen molar-refractivity contribution in [3.63, 3.8) is 0 Å². The number of carbonyl (C=O) groups is 1. The number of rotatable bonds is 4. The SMILES string of the molecule is Cn1cccc1[C@H]1CCCN1CC(=O)N1CCN(c2ccccc2)CC1. The molecule has 3 heterocycles. The van der Waals surface area contributed by atoms with E-state index in [-0.39, 0.29) is 5.91 Å². The molecule has 0 aliphatic carbocycles. The van der Waals surface area contributed by atoms with Crippen LogP contribution in [-0.2, 0) is 11.8 Å². The average molecular weight is 352 g/mol. The summed E-state index contributed by atoms with van der Waals surface area (Å²) in [5, 5.41) is 0. The lowest BCUT2D eigenvalue weighted by atomic mass is 10.1. The molecule has 0 saturated carbocycles. The van der Waals surface area contributed by atoms with Crippen LogP contribution < -0.4 is 4.90 Å². The summed E-state index contributed by atoms with van der Waals surface area (Å²) in [5.41, 5.74) is 2.58. The van der Waals surface area contributed by atoms with Crippen molar-refractivity contribution in [1.82, 2.24) is 14.4 Å². The quantitative estimate of drug-likeness (QED) is 0.847. The Labute approximate surface area is 155 Å². The third-order valence-corrected chi connectivity index (χ3v) is 5.78. The Morgan fingerprint density at radius 2 is 1.77 bits per heavy atom. The topological polar surface area (TPSA) is 31.7 Å². The Balaban J connectivity index is 1.33. The van der Waals surface area contributed by atoms with Crippen LogP contribution in [0.2, 0.25) is 0 Å². The maximum absolute atomic E-state index is 12.9. The van der Waals surface area contributed by atoms with Gasteiger partial charge in [-0.2, -0.15) is 0 Å². The number of aryl methyl sites for hydroxylation is 1. The third kappa shape index (κ3) is 3.49. The van der Waals surface area contributed by atoms with E-state index in [2.05, 4.69) is 64.0 Å². The highest BCUT2D eigenvalue weighted by Crippen LogP contribution is 2.31. The molecule has 4 rings (SSSR count). The minimum absolute atomic E-state index is 0.277. The molecule has 1 amide bonds. The lowest BCUT2D eigenvalue weighted by Crippen LogP contribution is -2.51. The Morgan fingerprint density at radius 3 is 2.46 bits per heavy atom. The minimum Gasteiger partial charge on any atom is -0.368 e. The van der Waals surface area contributed by atoms with Gasteiger partial charge >= 0.3 is 0 Å². The van der Waals surface area contributed by atoms with Gasteiger partial charge < -0.3 is 14.4 Å². The molecule has 0 bridgehead atoms. The van der Waals surface area contributed by atoms with E-state index in [4.69, 9.17) is 0 Å². The van der Waals surface area contributed by atoms with Crippen molar-refractivity contribution in [3.8, 4) is 0 Å². The fourth-order valence-electron chi connectivity index (χ4n) is 4.30. The Hall–Kier alpha value is -2.27. The summed E-state index contributed by atoms with van der Waals surface area (Å²) in [6, 6.07) is 15.1. The van der Waals surface area contributed by atoms with E-state index in [9.17, 15) is 4.79 Å². The van der Waals surface area contributed by atoms with E-state index in [1.165, 1.54) is 17.8 Å². The van der Waals surface area contributed by atoms with Crippen molar-refractivity contribution in [2.75, 3.05) is 44.2 Å². The predicted octanol–water partition coefficient (Wildman–Crippen LogP) is 2.51. The zero-order chi connectivity index (χ0) is 17.9. The number of aromatic nitrogens is 1. The van der Waals surface area contributed by atoms with Gasteiger partial charge in [-0.05, 0) is 43.7 Å². The highest BCUT2D eigenvalue weighted by Gasteiger charge is 2.31. The van der Waals surface area contributed by atoms with Crippen LogP contribution in [-0.4, -0.2) is 59.5 Å². The molecule has 1 aromatic carbocycles. The van der Waals surface area contributed by atoms with E-state index in [1.54, 1.807) is 0 Å². The second kappa shape index (κ2) is 7.54. The third-order valence-electron chi connectivity index (χ3n) is 5.78. The maximum Gasteiger partial charge on any atom is 0.236 e. The average Bonchev–Trinajstić information content (AvgIpc) is 3.31. The van der Waals surface area contributed by atoms with Gasteiger partial charge in [-0.3, -0.25) is 9.69 Å². The van der Waals surface area contributed by atoms with Crippen molar-refractivity contribution in [2.24, 2.45) is 7.05 Å². The summed E-state index contributed by atoms with van der Waals surface area (Å²) < 4.78 is 2.19. The Bertz CT molecular complexity index is 733. The van der Waals surface area contributed by atoms with Crippen LogP contribution in [0.4, 0.5) is 5.69 Å². The Kier molecular flexibility index (Phi) is 4.98. The van der Waals surface area contributed by atoms with Crippen LogP contribution in [0.25, 0.3) is 0 Å². The number of anilines is 1. The number of hydrogen-bond donors (Lipinski definition) is 0. The number of carbonyl (C=O) groups excluding carboxylic acids is 1. The van der Waals surface area contributed by atoms with Crippen molar-refractivity contribution >= 4 is 11.6 Å². The van der Waals surface area contributed by atoms with E-state index < -0.39 is 0 Å². The van der Waals surface area contributed by atoms with Gasteiger partial charge in [-0.1, -0.05) is 18.2 Å². The van der Waals surface area contributed by atoms with Gasteiger partial charge in [0.05, 0.1) is 12.6 Å². The first-order valence-electron chi connectivity index (χ1n) is 9.65. The summed E-state index contributed by atoms with van der Waals surface area (Å²) in [5.74, 6) is 0.277. The first-order chi connectivity index (χ1) is 12.7. The van der Waals surface area contributed by atoms with Crippen molar-refractivity contribution < 1.29 is 4.79 Å². The number of likely N-dealkylation sites (tertiary alicyclic amines) is 1. The van der Waals surface area contributed by atoms with E-state index in [1.807, 2.05) is 11.0 Å². The zero-order valence-electron chi connectivity index (χ0n) is 15.6. The number of nitrogens with zero attached hydrogens (tertiary/aromatic N) is 4. The van der Waals surface area contributed by atoms with Gasteiger partial charge in [0.25, 0.3) is 0 Å². The normalized spacial score (nSPS) is 21.3. The zero-order valence-corrected chi connectivity index (χ0v) is 15.6. The summed E-state index contributed by atoms with van der Waals surface area (Å²) in [6.45, 7) is 5.02. The second-order valence-electron chi connectivity index (χ2n) is 7.38. The standard InChI is InChI=1S/C21H28N4O/c1-22-11-5-9-19(22)20-10-6-12-25(20)17-21(26)24-15-13-23(14-16-24)18-7-3-2-4-8-18/h2-5,7-9,11,20H,6,10,12-17H2,1H3/t20-/m1/s1. The minimum atomic E-state index is 0.277. The lowest BCUT2D eigenvalue weighted by Gasteiger charge is -2.37. The number of benzene rings is 1. The van der Waals surface area contributed by atoms with Crippen LogP contribution in [0.15, 0.2) is 48.7 Å². The van der Waals surface area contributed by atoms with Gasteiger partial charge in [0, 0.05) is 50.8 Å². The van der Waals surface area contributed by atoms with Crippen molar-refractivity contribution in [2.45, 2.75) is 18.9 Å². The van der Waals surface area contributed by atoms with Crippen LogP contribution in [0.1, 0.15) is 24.6 Å². The fraction of sp³-hybridized carbons (Fsp3) is 0.476. The molecule has 2 saturated heterocycles. The molecule has 0 spiro atoms. The molecular weight excluding hydrogens is 324 g/mol. The fourth-order valence-corrected chi connectivity index (χ4v) is 4.30. The smallest absolute Gasteiger partial charge is 0.236 e. The molecule has 138 valence electrons. The molecule has 1 aromatic heterocycles. The first-order valence-corrected chi connectivity index (χ1v) is 9.65. The summed E-state index contributed by atoms with van der Waals surface area (Å²) >= 11 is 0. The Morgan fingerprint density at radius 1 is 1.00 bits per heavy atom. The molecule has 2 aromatic rings. The molecular formula is C21H28N4O. The highest BCUT2D eigenvalue weighted by atomic mass is 16.2. The van der Waals surface area contributed by atoms with Crippen LogP contribution >= 0.6 is 0 Å². The number of hydrogen-bond acceptors (Lipinski definition) is 3.